The Morgan fingerprint density at radius 2 is 0.762 bits per heavy atom. The molecule has 1 aliphatic carbocycles. The molecule has 1 atom stereocenters. The maximum atomic E-state index is 2.51. The summed E-state index contributed by atoms with van der Waals surface area (Å²) in [5.41, 5.74) is 21.8. The standard InChI is InChI=1S/C61H40N2/c1-3-15-41(16-4-1)43-29-35-46(36-30-43)62(47-37-31-44(32-38-47)42-17-5-2-6-18-42)48-39-33-45(34-40-48)49-21-13-25-55-59(49)52-20-7-9-23-53(52)61(55)54-24-10-12-28-58(54)63-57-27-11-8-19-50(57)51-22-14-26-56(61)60(51)63/h1-40H. The molecular formula is C61H40N2. The molecule has 0 radical (unpaired) electrons. The summed E-state index contributed by atoms with van der Waals surface area (Å²) in [5, 5.41) is 2.58. The van der Waals surface area contributed by atoms with Gasteiger partial charge in [0.2, 0.25) is 0 Å². The van der Waals surface area contributed by atoms with Crippen molar-refractivity contribution < 1.29 is 0 Å². The zero-order chi connectivity index (χ0) is 41.5. The minimum atomic E-state index is -0.489. The van der Waals surface area contributed by atoms with Gasteiger partial charge in [0.05, 0.1) is 22.1 Å². The SMILES string of the molecule is c1ccc(-c2ccc(N(c3ccc(-c4ccccc4)cc3)c3ccc(-c4cccc5c4-c4ccccc4C54c5ccccc5-n5c6ccccc6c6cccc4c65)cc3)cc2)cc1. The number of fused-ring (bicyclic) bond motifs is 12. The monoisotopic (exact) mass is 800 g/mol. The fourth-order valence-electron chi connectivity index (χ4n) is 11.0. The molecule has 0 bridgehead atoms. The number of benzene rings is 10. The van der Waals surface area contributed by atoms with Crippen LogP contribution in [0.2, 0.25) is 0 Å². The molecule has 1 unspecified atom stereocenters. The van der Waals surface area contributed by atoms with E-state index in [4.69, 9.17) is 0 Å². The molecule has 2 nitrogen and oxygen atoms in total. The van der Waals surface area contributed by atoms with Crippen molar-refractivity contribution in [3.63, 3.8) is 0 Å². The highest BCUT2D eigenvalue weighted by Gasteiger charge is 2.51. The van der Waals surface area contributed by atoms with Crippen molar-refractivity contribution in [1.29, 1.82) is 0 Å². The Morgan fingerprint density at radius 1 is 0.302 bits per heavy atom. The zero-order valence-corrected chi connectivity index (χ0v) is 34.5. The van der Waals surface area contributed by atoms with Gasteiger partial charge in [-0.05, 0) is 115 Å². The van der Waals surface area contributed by atoms with Crippen LogP contribution >= 0.6 is 0 Å². The van der Waals surface area contributed by atoms with Crippen molar-refractivity contribution in [1.82, 2.24) is 4.57 Å². The van der Waals surface area contributed by atoms with Gasteiger partial charge in [0.1, 0.15) is 0 Å². The first-order valence-corrected chi connectivity index (χ1v) is 21.8. The number of nitrogens with zero attached hydrogens (tertiary/aromatic N) is 2. The topological polar surface area (TPSA) is 8.17 Å². The molecule has 1 spiro atoms. The molecular weight excluding hydrogens is 761 g/mol. The molecule has 13 rings (SSSR count). The largest absolute Gasteiger partial charge is 0.311 e. The van der Waals surface area contributed by atoms with E-state index in [9.17, 15) is 0 Å². The summed E-state index contributed by atoms with van der Waals surface area (Å²) in [6.45, 7) is 0. The lowest BCUT2D eigenvalue weighted by atomic mass is 9.65. The predicted molar refractivity (Wildman–Crippen MR) is 263 cm³/mol. The van der Waals surface area contributed by atoms with Crippen LogP contribution in [-0.4, -0.2) is 4.57 Å². The van der Waals surface area contributed by atoms with E-state index in [0.717, 1.165) is 17.1 Å². The van der Waals surface area contributed by atoms with Gasteiger partial charge >= 0.3 is 0 Å². The van der Waals surface area contributed by atoms with Crippen molar-refractivity contribution in [3.8, 4) is 50.2 Å². The number of hydrogen-bond acceptors (Lipinski definition) is 1. The third-order valence-corrected chi connectivity index (χ3v) is 13.6. The van der Waals surface area contributed by atoms with Crippen molar-refractivity contribution in [2.45, 2.75) is 5.41 Å². The van der Waals surface area contributed by atoms with Crippen LogP contribution in [0.4, 0.5) is 17.1 Å². The van der Waals surface area contributed by atoms with Gasteiger partial charge in [-0.25, -0.2) is 0 Å². The van der Waals surface area contributed by atoms with Crippen LogP contribution in [0.5, 0.6) is 0 Å². The fraction of sp³-hybridized carbons (Fsp3) is 0.0164. The summed E-state index contributed by atoms with van der Waals surface area (Å²) in [5.74, 6) is 0. The molecule has 1 aliphatic heterocycles. The molecule has 0 N–H and O–H groups in total. The van der Waals surface area contributed by atoms with Crippen LogP contribution in [0.1, 0.15) is 22.3 Å². The van der Waals surface area contributed by atoms with Crippen LogP contribution in [-0.2, 0) is 5.41 Å². The van der Waals surface area contributed by atoms with Crippen LogP contribution in [0.3, 0.4) is 0 Å². The lowest BCUT2D eigenvalue weighted by Crippen LogP contribution is -2.33. The van der Waals surface area contributed by atoms with E-state index in [1.54, 1.807) is 0 Å². The Kier molecular flexibility index (Phi) is 7.85. The smallest absolute Gasteiger partial charge is 0.0754 e. The van der Waals surface area contributed by atoms with Gasteiger partial charge in [-0.2, -0.15) is 0 Å². The average Bonchev–Trinajstić information content (AvgIpc) is 3.86. The van der Waals surface area contributed by atoms with E-state index in [2.05, 4.69) is 252 Å². The second-order valence-corrected chi connectivity index (χ2v) is 16.8. The highest BCUT2D eigenvalue weighted by molar-refractivity contribution is 6.13. The Hall–Kier alpha value is -8.20. The molecule has 2 heterocycles. The summed E-state index contributed by atoms with van der Waals surface area (Å²) in [7, 11) is 0. The first kappa shape index (κ1) is 35.5. The number of para-hydroxylation sites is 3. The third kappa shape index (κ3) is 5.19. The highest BCUT2D eigenvalue weighted by Crippen LogP contribution is 2.62. The number of aromatic nitrogens is 1. The Balaban J connectivity index is 0.969. The molecule has 11 aromatic rings. The van der Waals surface area contributed by atoms with Gasteiger partial charge in [-0.1, -0.05) is 194 Å². The molecule has 63 heavy (non-hydrogen) atoms. The van der Waals surface area contributed by atoms with Crippen LogP contribution in [0, 0.1) is 0 Å². The number of anilines is 3. The molecule has 294 valence electrons. The van der Waals surface area contributed by atoms with Crippen molar-refractivity contribution in [3.05, 3.63) is 265 Å². The predicted octanol–water partition coefficient (Wildman–Crippen LogP) is 15.9. The first-order chi connectivity index (χ1) is 31.3. The average molecular weight is 801 g/mol. The summed E-state index contributed by atoms with van der Waals surface area (Å²) in [6, 6.07) is 89.3. The lowest BCUT2D eigenvalue weighted by molar-refractivity contribution is 0.748. The summed E-state index contributed by atoms with van der Waals surface area (Å²) in [4.78, 5) is 2.37. The van der Waals surface area contributed by atoms with Gasteiger partial charge in [-0.15, -0.1) is 0 Å². The molecule has 10 aromatic carbocycles. The van der Waals surface area contributed by atoms with E-state index in [1.165, 1.54) is 94.3 Å². The lowest BCUT2D eigenvalue weighted by Gasteiger charge is -2.39. The summed E-state index contributed by atoms with van der Waals surface area (Å²) in [6.07, 6.45) is 0. The number of rotatable bonds is 6. The van der Waals surface area contributed by atoms with Gasteiger partial charge in [0, 0.05) is 27.8 Å². The molecule has 2 heteroatoms. The maximum absolute atomic E-state index is 2.51. The molecule has 0 saturated heterocycles. The van der Waals surface area contributed by atoms with E-state index < -0.39 is 5.41 Å². The van der Waals surface area contributed by atoms with Crippen molar-refractivity contribution >= 4 is 38.9 Å². The molecule has 2 aliphatic rings. The van der Waals surface area contributed by atoms with Crippen LogP contribution in [0.25, 0.3) is 72.0 Å². The summed E-state index contributed by atoms with van der Waals surface area (Å²) < 4.78 is 2.51. The van der Waals surface area contributed by atoms with Crippen molar-refractivity contribution in [2.75, 3.05) is 4.90 Å². The van der Waals surface area contributed by atoms with E-state index in [0.29, 0.717) is 0 Å². The van der Waals surface area contributed by atoms with Gasteiger partial charge in [0.15, 0.2) is 0 Å². The van der Waals surface area contributed by atoms with E-state index >= 15 is 0 Å². The third-order valence-electron chi connectivity index (χ3n) is 13.6. The van der Waals surface area contributed by atoms with Crippen LogP contribution < -0.4 is 4.90 Å². The van der Waals surface area contributed by atoms with Gasteiger partial charge in [0.25, 0.3) is 0 Å². The minimum Gasteiger partial charge on any atom is -0.311 e. The van der Waals surface area contributed by atoms with Gasteiger partial charge < -0.3 is 9.47 Å². The Morgan fingerprint density at radius 3 is 1.43 bits per heavy atom. The normalized spacial score (nSPS) is 14.4. The molecule has 1 aromatic heterocycles. The van der Waals surface area contributed by atoms with Gasteiger partial charge in [-0.3, -0.25) is 0 Å². The number of hydrogen-bond donors (Lipinski definition) is 0. The van der Waals surface area contributed by atoms with E-state index in [1.807, 2.05) is 0 Å². The molecule has 0 amide bonds. The second-order valence-electron chi connectivity index (χ2n) is 16.8. The van der Waals surface area contributed by atoms with E-state index in [-0.39, 0.29) is 0 Å². The Labute approximate surface area is 367 Å². The maximum Gasteiger partial charge on any atom is 0.0754 e. The highest BCUT2D eigenvalue weighted by atomic mass is 15.1. The zero-order valence-electron chi connectivity index (χ0n) is 34.5. The first-order valence-electron chi connectivity index (χ1n) is 21.8. The van der Waals surface area contributed by atoms with Crippen molar-refractivity contribution in [2.24, 2.45) is 0 Å². The van der Waals surface area contributed by atoms with Crippen LogP contribution in [0.15, 0.2) is 243 Å². The quantitative estimate of drug-likeness (QED) is 0.163. The second kappa shape index (κ2) is 13.9. The molecule has 0 fully saturated rings. The fourth-order valence-corrected chi connectivity index (χ4v) is 11.0. The minimum absolute atomic E-state index is 0.489. The molecule has 0 saturated carbocycles. The summed E-state index contributed by atoms with van der Waals surface area (Å²) >= 11 is 0. The Bertz CT molecular complexity index is 3450.